The second-order valence-corrected chi connectivity index (χ2v) is 3.69. The molecule has 0 unspecified atom stereocenters. The van der Waals surface area contributed by atoms with Gasteiger partial charge in [0.1, 0.15) is 0 Å². The zero-order valence-electron chi connectivity index (χ0n) is 9.08. The van der Waals surface area contributed by atoms with Crippen molar-refractivity contribution in [1.82, 2.24) is 10.1 Å². The molecule has 0 saturated heterocycles. The van der Waals surface area contributed by atoms with Crippen molar-refractivity contribution in [3.63, 3.8) is 0 Å². The molecular weight excluding hydrogens is 212 g/mol. The van der Waals surface area contributed by atoms with Crippen molar-refractivity contribution in [3.05, 3.63) is 60.9 Å². The lowest BCUT2D eigenvalue weighted by molar-refractivity contribution is 0.430. The Morgan fingerprint density at radius 2 is 1.35 bits per heavy atom. The first-order valence-corrected chi connectivity index (χ1v) is 5.36. The van der Waals surface area contributed by atoms with E-state index in [9.17, 15) is 0 Å². The summed E-state index contributed by atoms with van der Waals surface area (Å²) >= 11 is 0. The molecule has 0 bridgehead atoms. The first kappa shape index (κ1) is 9.78. The summed E-state index contributed by atoms with van der Waals surface area (Å²) in [5, 5.41) is 3.59. The third kappa shape index (κ3) is 1.95. The molecule has 82 valence electrons. The minimum atomic E-state index is 0.546. The van der Waals surface area contributed by atoms with Crippen LogP contribution in [0, 0.1) is 0 Å². The molecule has 0 aliphatic carbocycles. The first-order valence-electron chi connectivity index (χ1n) is 5.36. The molecule has 2 aromatic carbocycles. The molecule has 1 heterocycles. The summed E-state index contributed by atoms with van der Waals surface area (Å²) in [5.74, 6) is 0.546. The average Bonchev–Trinajstić information content (AvgIpc) is 2.94. The van der Waals surface area contributed by atoms with Crippen LogP contribution in [0.1, 0.15) is 0 Å². The van der Waals surface area contributed by atoms with Gasteiger partial charge in [-0.2, -0.15) is 4.98 Å². The topological polar surface area (TPSA) is 38.9 Å². The van der Waals surface area contributed by atoms with E-state index in [4.69, 9.17) is 4.52 Å². The summed E-state index contributed by atoms with van der Waals surface area (Å²) in [6, 6.07) is 18.3. The van der Waals surface area contributed by atoms with Crippen LogP contribution >= 0.6 is 0 Å². The lowest BCUT2D eigenvalue weighted by atomic mass is 10.0. The summed E-state index contributed by atoms with van der Waals surface area (Å²) in [4.78, 5) is 4.01. The van der Waals surface area contributed by atoms with Crippen LogP contribution in [0.5, 0.6) is 0 Å². The van der Waals surface area contributed by atoms with Gasteiger partial charge in [0.05, 0.1) is 0 Å². The molecule has 0 amide bonds. The molecule has 0 atom stereocenters. The molecule has 3 nitrogen and oxygen atoms in total. The second-order valence-electron chi connectivity index (χ2n) is 3.69. The molecule has 17 heavy (non-hydrogen) atoms. The highest BCUT2D eigenvalue weighted by atomic mass is 16.5. The maximum Gasteiger partial charge on any atom is 0.257 e. The van der Waals surface area contributed by atoms with E-state index < -0.39 is 0 Å². The van der Waals surface area contributed by atoms with E-state index >= 15 is 0 Å². The number of rotatable bonds is 2. The van der Waals surface area contributed by atoms with Crippen LogP contribution in [-0.4, -0.2) is 10.1 Å². The summed E-state index contributed by atoms with van der Waals surface area (Å²) in [6.07, 6.45) is 1.40. The Morgan fingerprint density at radius 3 is 2.00 bits per heavy atom. The predicted molar refractivity (Wildman–Crippen MR) is 65.2 cm³/mol. The van der Waals surface area contributed by atoms with Crippen LogP contribution in [0.3, 0.4) is 0 Å². The van der Waals surface area contributed by atoms with Gasteiger partial charge in [-0.05, 0) is 23.3 Å². The van der Waals surface area contributed by atoms with E-state index in [1.807, 2.05) is 30.3 Å². The Balaban J connectivity index is 1.96. The molecular formula is C14H10N2O. The SMILES string of the molecule is c1ccc(-c2ccc(-c3ncno3)cc2)cc1. The minimum Gasteiger partial charge on any atom is -0.334 e. The van der Waals surface area contributed by atoms with Crippen LogP contribution < -0.4 is 0 Å². The molecule has 0 aliphatic heterocycles. The fourth-order valence-electron chi connectivity index (χ4n) is 1.74. The minimum absolute atomic E-state index is 0.546. The Hall–Kier alpha value is -2.42. The van der Waals surface area contributed by atoms with E-state index in [1.165, 1.54) is 17.5 Å². The maximum absolute atomic E-state index is 5.00. The van der Waals surface area contributed by atoms with Gasteiger partial charge >= 0.3 is 0 Å². The Kier molecular flexibility index (Phi) is 2.43. The summed E-state index contributed by atoms with van der Waals surface area (Å²) in [5.41, 5.74) is 3.31. The zero-order chi connectivity index (χ0) is 11.5. The zero-order valence-corrected chi connectivity index (χ0v) is 9.08. The second kappa shape index (κ2) is 4.22. The summed E-state index contributed by atoms with van der Waals surface area (Å²) in [6.45, 7) is 0. The van der Waals surface area contributed by atoms with Gasteiger partial charge in [-0.15, -0.1) is 0 Å². The largest absolute Gasteiger partial charge is 0.334 e. The molecule has 1 aromatic heterocycles. The third-order valence-corrected chi connectivity index (χ3v) is 2.60. The van der Waals surface area contributed by atoms with Crippen LogP contribution in [0.15, 0.2) is 65.4 Å². The number of benzene rings is 2. The maximum atomic E-state index is 5.00. The van der Waals surface area contributed by atoms with Gasteiger partial charge < -0.3 is 4.52 Å². The molecule has 0 aliphatic rings. The lowest BCUT2D eigenvalue weighted by Crippen LogP contribution is -1.79. The number of aromatic nitrogens is 2. The molecule has 3 rings (SSSR count). The Bertz CT molecular complexity index is 586. The van der Waals surface area contributed by atoms with Crippen molar-refractivity contribution in [3.8, 4) is 22.6 Å². The van der Waals surface area contributed by atoms with Gasteiger partial charge in [-0.25, -0.2) is 0 Å². The summed E-state index contributed by atoms with van der Waals surface area (Å²) < 4.78 is 5.00. The van der Waals surface area contributed by atoms with E-state index in [-0.39, 0.29) is 0 Å². The van der Waals surface area contributed by atoms with E-state index in [0.29, 0.717) is 5.89 Å². The molecule has 0 saturated carbocycles. The van der Waals surface area contributed by atoms with Gasteiger partial charge in [0.15, 0.2) is 6.33 Å². The molecule has 0 N–H and O–H groups in total. The highest BCUT2D eigenvalue weighted by molar-refractivity contribution is 5.67. The van der Waals surface area contributed by atoms with E-state index in [0.717, 1.165) is 5.56 Å². The summed E-state index contributed by atoms with van der Waals surface area (Å²) in [7, 11) is 0. The lowest BCUT2D eigenvalue weighted by Gasteiger charge is -2.01. The molecule has 3 aromatic rings. The smallest absolute Gasteiger partial charge is 0.257 e. The molecule has 0 fully saturated rings. The highest BCUT2D eigenvalue weighted by Crippen LogP contribution is 2.23. The molecule has 0 radical (unpaired) electrons. The van der Waals surface area contributed by atoms with Crippen molar-refractivity contribution in [2.24, 2.45) is 0 Å². The normalized spacial score (nSPS) is 10.4. The first-order chi connectivity index (χ1) is 8.43. The van der Waals surface area contributed by atoms with Crippen LogP contribution in [0.25, 0.3) is 22.6 Å². The van der Waals surface area contributed by atoms with E-state index in [2.05, 4.69) is 34.4 Å². The third-order valence-electron chi connectivity index (χ3n) is 2.60. The number of nitrogens with zero attached hydrogens (tertiary/aromatic N) is 2. The van der Waals surface area contributed by atoms with Crippen LogP contribution in [-0.2, 0) is 0 Å². The Morgan fingerprint density at radius 1 is 0.706 bits per heavy atom. The van der Waals surface area contributed by atoms with Crippen molar-refractivity contribution in [1.29, 1.82) is 0 Å². The quantitative estimate of drug-likeness (QED) is 0.667. The highest BCUT2D eigenvalue weighted by Gasteiger charge is 2.03. The number of hydrogen-bond donors (Lipinski definition) is 0. The van der Waals surface area contributed by atoms with Crippen molar-refractivity contribution in [2.45, 2.75) is 0 Å². The van der Waals surface area contributed by atoms with Crippen molar-refractivity contribution in [2.75, 3.05) is 0 Å². The van der Waals surface area contributed by atoms with Crippen molar-refractivity contribution < 1.29 is 4.52 Å². The van der Waals surface area contributed by atoms with Gasteiger partial charge in [-0.1, -0.05) is 47.6 Å². The fraction of sp³-hybridized carbons (Fsp3) is 0. The van der Waals surface area contributed by atoms with Crippen LogP contribution in [0.2, 0.25) is 0 Å². The Labute approximate surface area is 98.7 Å². The molecule has 3 heteroatoms. The van der Waals surface area contributed by atoms with Crippen LogP contribution in [0.4, 0.5) is 0 Å². The molecule has 0 spiro atoms. The predicted octanol–water partition coefficient (Wildman–Crippen LogP) is 3.40. The average molecular weight is 222 g/mol. The monoisotopic (exact) mass is 222 g/mol. The van der Waals surface area contributed by atoms with E-state index in [1.54, 1.807) is 0 Å². The van der Waals surface area contributed by atoms with Gasteiger partial charge in [0, 0.05) is 5.56 Å². The van der Waals surface area contributed by atoms with Crippen molar-refractivity contribution >= 4 is 0 Å². The van der Waals surface area contributed by atoms with Gasteiger partial charge in [0.25, 0.3) is 5.89 Å². The van der Waals surface area contributed by atoms with Gasteiger partial charge in [-0.3, -0.25) is 0 Å². The number of hydrogen-bond acceptors (Lipinski definition) is 3. The van der Waals surface area contributed by atoms with Gasteiger partial charge in [0.2, 0.25) is 0 Å². The fourth-order valence-corrected chi connectivity index (χ4v) is 1.74. The standard InChI is InChI=1S/C14H10N2O/c1-2-4-11(5-3-1)12-6-8-13(9-7-12)14-15-10-16-17-14/h1-10H.